The Balaban J connectivity index is 0.000000187. The van der Waals surface area contributed by atoms with Crippen LogP contribution in [0.15, 0.2) is 243 Å². The van der Waals surface area contributed by atoms with Gasteiger partial charge in [0.25, 0.3) is 0 Å². The van der Waals surface area contributed by atoms with Gasteiger partial charge in [-0.3, -0.25) is 0 Å². The van der Waals surface area contributed by atoms with E-state index >= 15 is 0 Å². The first-order valence-corrected chi connectivity index (χ1v) is 40.1. The Bertz CT molecular complexity index is 3530. The van der Waals surface area contributed by atoms with Crippen molar-refractivity contribution in [2.24, 2.45) is 0 Å². The summed E-state index contributed by atoms with van der Waals surface area (Å²) in [6.07, 6.45) is 0. The molecule has 0 aliphatic rings. The second-order valence-corrected chi connectivity index (χ2v) is 37.8. The number of aryl methyl sites for hydroxylation is 4. The molecule has 0 atom stereocenters. The molecule has 0 fully saturated rings. The van der Waals surface area contributed by atoms with Crippen LogP contribution in [0.25, 0.3) is 43.1 Å². The van der Waals surface area contributed by atoms with Crippen molar-refractivity contribution in [3.63, 3.8) is 0 Å². The van der Waals surface area contributed by atoms with Gasteiger partial charge in [0.05, 0.1) is 0 Å². The van der Waals surface area contributed by atoms with E-state index in [1.54, 1.807) is 46.7 Å². The van der Waals surface area contributed by atoms with Crippen LogP contribution in [0.3, 0.4) is 0 Å². The fraction of sp³-hybridized carbons (Fsp3) is 0.250. The predicted molar refractivity (Wildman–Crippen MR) is 368 cm³/mol. The summed E-state index contributed by atoms with van der Waals surface area (Å²) in [4.78, 5) is 0. The number of hydrogen-bond acceptors (Lipinski definition) is 0. The Morgan fingerprint density at radius 1 is 0.256 bits per heavy atom. The average Bonchev–Trinajstić information content (AvgIpc) is 2.14. The molecule has 86 heavy (non-hydrogen) atoms. The minimum absolute atomic E-state index is 0. The molecule has 6 heteroatoms. The molecule has 0 aliphatic heterocycles. The van der Waals surface area contributed by atoms with Crippen molar-refractivity contribution in [1.82, 2.24) is 0 Å². The molecule has 12 aromatic rings. The first-order chi connectivity index (χ1) is 39.7. The number of halogens is 2. The Morgan fingerprint density at radius 3 is 0.593 bits per heavy atom. The van der Waals surface area contributed by atoms with Crippen LogP contribution in [-0.2, 0) is 68.3 Å². The van der Waals surface area contributed by atoms with Crippen molar-refractivity contribution >= 4 is 74.7 Å². The van der Waals surface area contributed by atoms with Gasteiger partial charge in [-0.2, -0.15) is 24.3 Å². The predicted octanol–water partition coefficient (Wildman–Crippen LogP) is 13.3. The van der Waals surface area contributed by atoms with Crippen molar-refractivity contribution in [2.45, 2.75) is 132 Å². The molecule has 0 aliphatic carbocycles. The van der Waals surface area contributed by atoms with Gasteiger partial charge in [0, 0.05) is 0 Å². The van der Waals surface area contributed by atoms with E-state index in [9.17, 15) is 0 Å². The summed E-state index contributed by atoms with van der Waals surface area (Å²) in [5.74, 6) is 0. The summed E-state index contributed by atoms with van der Waals surface area (Å²) in [7, 11) is 0. The van der Waals surface area contributed by atoms with Crippen LogP contribution in [0.5, 0.6) is 0 Å². The SMILES string of the molecule is Cc1cc2c(C(C)(C)C)cccc2[cH-]1.Cc1cc2c(C(C)(C)C)cccc2[cH-]1.Cc1cc2c(C(C)(C)C)cccc2[cH-]1.Cc1cc2c(C(C)(C)C)cccc2[cH-]1.[Cl-].[Cl-].[Zr+2]=[Si](c1ccccc1)c1ccccc1.[Zr+2]=[Si](c1ccccc1)c1ccccc1. The van der Waals surface area contributed by atoms with Crippen LogP contribution in [0, 0.1) is 27.7 Å². The van der Waals surface area contributed by atoms with Gasteiger partial charge in [0.2, 0.25) is 0 Å². The van der Waals surface area contributed by atoms with Crippen molar-refractivity contribution in [3.05, 3.63) is 287 Å². The third-order valence-electron chi connectivity index (χ3n) is 15.1. The molecule has 0 heterocycles. The molecule has 0 amide bonds. The summed E-state index contributed by atoms with van der Waals surface area (Å²) in [6.45, 7) is 35.9. The van der Waals surface area contributed by atoms with Crippen molar-refractivity contribution in [3.8, 4) is 0 Å². The second-order valence-electron chi connectivity index (χ2n) is 26.6. The number of hydrogen-bond donors (Lipinski definition) is 0. The molecule has 0 bridgehead atoms. The molecule has 0 saturated heterocycles. The Morgan fingerprint density at radius 2 is 0.430 bits per heavy atom. The molecule has 0 N–H and O–H groups in total. The molecule has 0 saturated carbocycles. The van der Waals surface area contributed by atoms with E-state index in [4.69, 9.17) is 0 Å². The van der Waals surface area contributed by atoms with Crippen molar-refractivity contribution in [1.29, 1.82) is 0 Å². The van der Waals surface area contributed by atoms with Gasteiger partial charge < -0.3 is 24.8 Å². The van der Waals surface area contributed by atoms with Gasteiger partial charge in [-0.25, -0.2) is 0 Å². The van der Waals surface area contributed by atoms with Crippen LogP contribution < -0.4 is 45.6 Å². The molecule has 0 aromatic heterocycles. The van der Waals surface area contributed by atoms with Gasteiger partial charge in [-0.05, 0) is 21.7 Å². The molecule has 0 spiro atoms. The van der Waals surface area contributed by atoms with Crippen molar-refractivity contribution in [2.75, 3.05) is 0 Å². The van der Waals surface area contributed by atoms with Gasteiger partial charge in [-0.1, -0.05) is 157 Å². The summed E-state index contributed by atoms with van der Waals surface area (Å²) in [5.41, 5.74) is 11.3. The summed E-state index contributed by atoms with van der Waals surface area (Å²) >= 11 is 3.29. The van der Waals surface area contributed by atoms with Gasteiger partial charge in [0.1, 0.15) is 0 Å². The molecular formula is C80H88Cl2Si2Zr2-2. The maximum atomic E-state index is 2.29. The number of fused-ring (bicyclic) bond motifs is 4. The third kappa shape index (κ3) is 20.0. The van der Waals surface area contributed by atoms with Crippen LogP contribution >= 0.6 is 0 Å². The number of benzene rings is 8. The average molecular weight is 1360 g/mol. The summed E-state index contributed by atoms with van der Waals surface area (Å²) in [5, 5.41) is 17.2. The molecule has 0 radical (unpaired) electrons. The zero-order chi connectivity index (χ0) is 61.0. The van der Waals surface area contributed by atoms with E-state index in [2.05, 4.69) is 353 Å². The molecule has 0 nitrogen and oxygen atoms in total. The third-order valence-corrected chi connectivity index (χ3v) is 27.2. The monoisotopic (exact) mass is 1350 g/mol. The standard InChI is InChI=1S/4C14H17.2C12H10Si.2ClH.2Zr/c4*1-10-8-11-6-5-7-13(12(11)9-10)14(2,3)4;2*1-3-7-11(8-4-1)13-12-9-5-2-6-10-12;;;;/h4*5-9H,1-4H3;2*1-10H;2*1H;;/q4*-1;;;;;2*+2/p-2. The Hall–Kier alpha value is -5.02. The first kappa shape index (κ1) is 71.7. The van der Waals surface area contributed by atoms with E-state index in [0.29, 0.717) is 0 Å². The molecule has 12 aromatic carbocycles. The number of rotatable bonds is 4. The fourth-order valence-corrected chi connectivity index (χ4v) is 18.6. The van der Waals surface area contributed by atoms with E-state index in [0.717, 1.165) is 0 Å². The van der Waals surface area contributed by atoms with Crippen LogP contribution in [0.1, 0.15) is 128 Å². The zero-order valence-corrected chi connectivity index (χ0v) is 62.3. The summed E-state index contributed by atoms with van der Waals surface area (Å²) < 4.78 is 0. The normalized spacial score (nSPS) is 11.2. The van der Waals surface area contributed by atoms with Gasteiger partial charge >= 0.3 is 200 Å². The van der Waals surface area contributed by atoms with Crippen LogP contribution in [0.4, 0.5) is 0 Å². The first-order valence-electron chi connectivity index (χ1n) is 29.7. The maximum absolute atomic E-state index is 2.29. The molecule has 0 unspecified atom stereocenters. The second kappa shape index (κ2) is 31.9. The fourth-order valence-electron chi connectivity index (χ4n) is 10.9. The molecule has 12 rings (SSSR count). The van der Waals surface area contributed by atoms with E-state index in [-0.39, 0.29) is 46.5 Å². The van der Waals surface area contributed by atoms with E-state index in [1.165, 1.54) is 108 Å². The topological polar surface area (TPSA) is 0 Å². The zero-order valence-electron chi connectivity index (χ0n) is 53.8. The van der Waals surface area contributed by atoms with E-state index < -0.39 is 10.9 Å². The van der Waals surface area contributed by atoms with E-state index in [1.807, 2.05) is 0 Å². The molecule has 440 valence electrons. The molecular weight excluding hydrogens is 1270 g/mol. The van der Waals surface area contributed by atoms with Gasteiger partial charge in [-0.15, -0.1) is 138 Å². The Labute approximate surface area is 560 Å². The van der Waals surface area contributed by atoms with Crippen LogP contribution in [0.2, 0.25) is 0 Å². The minimum atomic E-state index is -0.455. The van der Waals surface area contributed by atoms with Crippen molar-refractivity contribution < 1.29 is 71.5 Å². The summed E-state index contributed by atoms with van der Waals surface area (Å²) in [6, 6.07) is 87.9. The van der Waals surface area contributed by atoms with Crippen LogP contribution in [-0.4, -0.2) is 10.9 Å². The quantitative estimate of drug-likeness (QED) is 0.122. The van der Waals surface area contributed by atoms with Gasteiger partial charge in [0.15, 0.2) is 0 Å². The Kier molecular flexibility index (Phi) is 26.6.